The van der Waals surface area contributed by atoms with E-state index in [0.717, 1.165) is 11.3 Å². The Morgan fingerprint density at radius 1 is 1.09 bits per heavy atom. The Morgan fingerprint density at radius 2 is 1.88 bits per heavy atom. The third kappa shape index (κ3) is 4.79. The van der Waals surface area contributed by atoms with Gasteiger partial charge in [0.2, 0.25) is 11.5 Å². The highest BCUT2D eigenvalue weighted by molar-refractivity contribution is 7.14. The summed E-state index contributed by atoms with van der Waals surface area (Å²) in [4.78, 5) is 36.0. The van der Waals surface area contributed by atoms with Crippen LogP contribution in [0.25, 0.3) is 22.2 Å². The molecule has 2 aromatic carbocycles. The number of nitrogens with one attached hydrogen (secondary N) is 2. The van der Waals surface area contributed by atoms with Crippen LogP contribution in [0.5, 0.6) is 0 Å². The van der Waals surface area contributed by atoms with Crippen molar-refractivity contribution in [2.75, 3.05) is 42.9 Å². The van der Waals surface area contributed by atoms with Crippen molar-refractivity contribution >= 4 is 39.0 Å². The van der Waals surface area contributed by atoms with Crippen LogP contribution < -0.4 is 15.8 Å². The van der Waals surface area contributed by atoms with Crippen LogP contribution in [-0.2, 0) is 4.79 Å². The van der Waals surface area contributed by atoms with Gasteiger partial charge in [-0.1, -0.05) is 30.3 Å². The van der Waals surface area contributed by atoms with Crippen molar-refractivity contribution in [2.45, 2.75) is 0 Å². The summed E-state index contributed by atoms with van der Waals surface area (Å²) in [5, 5.41) is 6.07. The molecule has 0 atom stereocenters. The number of carbonyl (C=O) groups excluding carboxylic acids is 1. The summed E-state index contributed by atoms with van der Waals surface area (Å²) in [6, 6.07) is 15.7. The summed E-state index contributed by atoms with van der Waals surface area (Å²) >= 11 is 1.40. The molecule has 2 aromatic heterocycles. The summed E-state index contributed by atoms with van der Waals surface area (Å²) in [7, 11) is 0. The number of carbonyl (C=O) groups is 1. The van der Waals surface area contributed by atoms with Gasteiger partial charge in [0, 0.05) is 48.6 Å². The molecule has 0 saturated carbocycles. The zero-order chi connectivity index (χ0) is 22.8. The number of amides is 1. The van der Waals surface area contributed by atoms with Gasteiger partial charge in [-0.25, -0.2) is 9.37 Å². The van der Waals surface area contributed by atoms with E-state index < -0.39 is 0 Å². The minimum Gasteiger partial charge on any atom is -0.368 e. The van der Waals surface area contributed by atoms with Gasteiger partial charge in [-0.2, -0.15) is 0 Å². The maximum absolute atomic E-state index is 13.8. The molecular formula is C24H22FN5O2S. The first-order valence-electron chi connectivity index (χ1n) is 10.7. The molecule has 0 radical (unpaired) electrons. The van der Waals surface area contributed by atoms with Crippen LogP contribution in [0, 0.1) is 5.82 Å². The molecule has 9 heteroatoms. The molecule has 0 unspecified atom stereocenters. The molecule has 7 nitrogen and oxygen atoms in total. The maximum Gasteiger partial charge on any atom is 0.250 e. The number of aromatic amines is 1. The number of pyridine rings is 1. The van der Waals surface area contributed by atoms with Gasteiger partial charge in [0.25, 0.3) is 0 Å². The molecule has 1 saturated heterocycles. The molecule has 0 aliphatic carbocycles. The number of benzene rings is 2. The molecule has 0 bridgehead atoms. The van der Waals surface area contributed by atoms with E-state index in [4.69, 9.17) is 0 Å². The molecule has 5 rings (SSSR count). The van der Waals surface area contributed by atoms with Crippen molar-refractivity contribution in [1.82, 2.24) is 14.9 Å². The minimum absolute atomic E-state index is 0.110. The molecule has 1 amide bonds. The molecule has 168 valence electrons. The summed E-state index contributed by atoms with van der Waals surface area (Å²) in [6.45, 7) is 2.85. The fourth-order valence-electron chi connectivity index (χ4n) is 4.05. The standard InChI is InChI=1S/C24H22FN5O2S/c25-17-6-7-19-18(12-17)21(13-22(31)26-19)30-10-8-29(9-11-30)14-23(32)28-24-27-20(15-33-24)16-4-2-1-3-5-16/h1-7,12-13,15H,8-11,14H2,(H,26,31)(H,27,28,32). The molecule has 2 N–H and O–H groups in total. The van der Waals surface area contributed by atoms with Gasteiger partial charge in [0.15, 0.2) is 5.13 Å². The number of anilines is 2. The monoisotopic (exact) mass is 463 g/mol. The van der Waals surface area contributed by atoms with E-state index in [2.05, 4.69) is 25.1 Å². The Bertz CT molecular complexity index is 1350. The van der Waals surface area contributed by atoms with Crippen LogP contribution in [0.4, 0.5) is 15.2 Å². The van der Waals surface area contributed by atoms with Crippen molar-refractivity contribution in [1.29, 1.82) is 0 Å². The number of fused-ring (bicyclic) bond motifs is 1. The number of rotatable bonds is 5. The van der Waals surface area contributed by atoms with Gasteiger partial charge in [-0.15, -0.1) is 11.3 Å². The normalized spacial score (nSPS) is 14.5. The van der Waals surface area contributed by atoms with Gasteiger partial charge in [-0.3, -0.25) is 14.5 Å². The molecule has 1 fully saturated rings. The lowest BCUT2D eigenvalue weighted by atomic mass is 10.1. The van der Waals surface area contributed by atoms with Crippen molar-refractivity contribution < 1.29 is 9.18 Å². The van der Waals surface area contributed by atoms with Gasteiger partial charge in [0.1, 0.15) is 5.82 Å². The van der Waals surface area contributed by atoms with Crippen molar-refractivity contribution in [2.24, 2.45) is 0 Å². The van der Waals surface area contributed by atoms with Crippen LogP contribution in [0.2, 0.25) is 0 Å². The highest BCUT2D eigenvalue weighted by Gasteiger charge is 2.21. The first-order valence-corrected chi connectivity index (χ1v) is 11.5. The average molecular weight is 464 g/mol. The van der Waals surface area contributed by atoms with Gasteiger partial charge in [0.05, 0.1) is 23.4 Å². The largest absolute Gasteiger partial charge is 0.368 e. The van der Waals surface area contributed by atoms with E-state index in [9.17, 15) is 14.0 Å². The minimum atomic E-state index is -0.344. The van der Waals surface area contributed by atoms with E-state index in [1.807, 2.05) is 35.7 Å². The van der Waals surface area contributed by atoms with E-state index in [-0.39, 0.29) is 23.8 Å². The lowest BCUT2D eigenvalue weighted by Gasteiger charge is -2.36. The van der Waals surface area contributed by atoms with Gasteiger partial charge < -0.3 is 15.2 Å². The fraction of sp³-hybridized carbons (Fsp3) is 0.208. The Balaban J connectivity index is 1.20. The zero-order valence-corrected chi connectivity index (χ0v) is 18.6. The summed E-state index contributed by atoms with van der Waals surface area (Å²) in [6.07, 6.45) is 0. The van der Waals surface area contributed by atoms with E-state index in [0.29, 0.717) is 47.9 Å². The first kappa shape index (κ1) is 21.3. The van der Waals surface area contributed by atoms with Crippen molar-refractivity contribution in [3.05, 3.63) is 76.1 Å². The molecule has 0 spiro atoms. The fourth-order valence-corrected chi connectivity index (χ4v) is 4.79. The second-order valence-corrected chi connectivity index (χ2v) is 8.78. The number of nitrogens with zero attached hydrogens (tertiary/aromatic N) is 3. The lowest BCUT2D eigenvalue weighted by Crippen LogP contribution is -2.49. The number of aromatic nitrogens is 2. The number of halogens is 1. The van der Waals surface area contributed by atoms with E-state index >= 15 is 0 Å². The quantitative estimate of drug-likeness (QED) is 0.473. The van der Waals surface area contributed by atoms with Crippen LogP contribution in [0.1, 0.15) is 0 Å². The molecular weight excluding hydrogens is 441 g/mol. The second-order valence-electron chi connectivity index (χ2n) is 7.92. The summed E-state index contributed by atoms with van der Waals surface area (Å²) < 4.78 is 13.8. The third-order valence-corrected chi connectivity index (χ3v) is 6.44. The van der Waals surface area contributed by atoms with Crippen molar-refractivity contribution in [3.63, 3.8) is 0 Å². The third-order valence-electron chi connectivity index (χ3n) is 5.68. The number of piperazine rings is 1. The second kappa shape index (κ2) is 9.13. The zero-order valence-electron chi connectivity index (χ0n) is 17.8. The Kier molecular flexibility index (Phi) is 5.89. The highest BCUT2D eigenvalue weighted by atomic mass is 32.1. The number of hydrogen-bond acceptors (Lipinski definition) is 6. The van der Waals surface area contributed by atoms with E-state index in [1.165, 1.54) is 29.5 Å². The Morgan fingerprint density at radius 3 is 2.67 bits per heavy atom. The predicted molar refractivity (Wildman–Crippen MR) is 129 cm³/mol. The lowest BCUT2D eigenvalue weighted by molar-refractivity contribution is -0.117. The van der Waals surface area contributed by atoms with Crippen LogP contribution in [0.15, 0.2) is 64.8 Å². The predicted octanol–water partition coefficient (Wildman–Crippen LogP) is 3.55. The van der Waals surface area contributed by atoms with Gasteiger partial charge in [-0.05, 0) is 18.2 Å². The topological polar surface area (TPSA) is 81.3 Å². The van der Waals surface area contributed by atoms with Crippen LogP contribution >= 0.6 is 11.3 Å². The van der Waals surface area contributed by atoms with Crippen molar-refractivity contribution in [3.8, 4) is 11.3 Å². The first-order chi connectivity index (χ1) is 16.0. The molecule has 1 aliphatic rings. The Labute approximate surface area is 193 Å². The van der Waals surface area contributed by atoms with Crippen LogP contribution in [0.3, 0.4) is 0 Å². The maximum atomic E-state index is 13.8. The number of H-pyrrole nitrogens is 1. The summed E-state index contributed by atoms with van der Waals surface area (Å²) in [5.74, 6) is -0.454. The van der Waals surface area contributed by atoms with Gasteiger partial charge >= 0.3 is 0 Å². The highest BCUT2D eigenvalue weighted by Crippen LogP contribution is 2.26. The average Bonchev–Trinajstić information content (AvgIpc) is 3.28. The summed E-state index contributed by atoms with van der Waals surface area (Å²) in [5.41, 5.74) is 2.96. The Hall–Kier alpha value is -3.56. The SMILES string of the molecule is O=C(CN1CCN(c2cc(=O)[nH]c3ccc(F)cc23)CC1)Nc1nc(-c2ccccc2)cs1. The molecule has 3 heterocycles. The number of thiazole rings is 1. The molecule has 33 heavy (non-hydrogen) atoms. The number of hydrogen-bond donors (Lipinski definition) is 2. The van der Waals surface area contributed by atoms with E-state index in [1.54, 1.807) is 6.07 Å². The molecule has 4 aromatic rings. The van der Waals surface area contributed by atoms with Crippen LogP contribution in [-0.4, -0.2) is 53.5 Å². The molecule has 1 aliphatic heterocycles. The smallest absolute Gasteiger partial charge is 0.250 e.